The van der Waals surface area contributed by atoms with Crippen molar-refractivity contribution in [3.63, 3.8) is 0 Å². The lowest BCUT2D eigenvalue weighted by molar-refractivity contribution is -0.0286. The van der Waals surface area contributed by atoms with Crippen molar-refractivity contribution in [2.24, 2.45) is 12.8 Å². The molecule has 17 heavy (non-hydrogen) atoms. The Kier molecular flexibility index (Phi) is 4.15. The van der Waals surface area contributed by atoms with Crippen molar-refractivity contribution in [3.8, 4) is 0 Å². The summed E-state index contributed by atoms with van der Waals surface area (Å²) in [6, 6.07) is -0.0550. The van der Waals surface area contributed by atoms with Crippen molar-refractivity contribution in [1.82, 2.24) is 9.78 Å². The van der Waals surface area contributed by atoms with Crippen molar-refractivity contribution < 1.29 is 9.47 Å². The molecule has 0 amide bonds. The van der Waals surface area contributed by atoms with E-state index in [1.54, 1.807) is 4.68 Å². The first-order chi connectivity index (χ1) is 8.16. The predicted octanol–water partition coefficient (Wildman–Crippen LogP) is 1.00. The van der Waals surface area contributed by atoms with Crippen LogP contribution in [0.3, 0.4) is 0 Å². The van der Waals surface area contributed by atoms with E-state index in [1.807, 2.05) is 26.4 Å². The fraction of sp³-hybridized carbons (Fsp3) is 0.750. The molecular formula is C12H21N3O2. The fourth-order valence-electron chi connectivity index (χ4n) is 2.13. The standard InChI is InChI=1S/C12H21N3O2/c1-9(13)12(10-6-14-15(2)7-10)17-8-11-4-3-5-16-11/h6-7,9,11-12H,3-5,8,13H2,1-2H3. The number of hydrogen-bond donors (Lipinski definition) is 1. The molecule has 0 bridgehead atoms. The van der Waals surface area contributed by atoms with Gasteiger partial charge >= 0.3 is 0 Å². The zero-order valence-electron chi connectivity index (χ0n) is 10.5. The number of rotatable bonds is 5. The second kappa shape index (κ2) is 5.62. The third kappa shape index (κ3) is 3.28. The molecule has 0 radical (unpaired) electrons. The number of aryl methyl sites for hydroxylation is 1. The molecule has 5 nitrogen and oxygen atoms in total. The van der Waals surface area contributed by atoms with Gasteiger partial charge in [-0.05, 0) is 19.8 Å². The highest BCUT2D eigenvalue weighted by atomic mass is 16.5. The minimum absolute atomic E-state index is 0.0550. The minimum atomic E-state index is -0.104. The van der Waals surface area contributed by atoms with E-state index in [-0.39, 0.29) is 18.2 Å². The molecule has 1 aliphatic heterocycles. The molecule has 0 aromatic carbocycles. The molecule has 5 heteroatoms. The van der Waals surface area contributed by atoms with E-state index in [9.17, 15) is 0 Å². The van der Waals surface area contributed by atoms with Gasteiger partial charge in [-0.1, -0.05) is 0 Å². The third-order valence-corrected chi connectivity index (χ3v) is 3.02. The van der Waals surface area contributed by atoms with E-state index in [2.05, 4.69) is 5.10 Å². The van der Waals surface area contributed by atoms with Crippen LogP contribution >= 0.6 is 0 Å². The molecule has 96 valence electrons. The zero-order chi connectivity index (χ0) is 12.3. The Hall–Kier alpha value is -0.910. The van der Waals surface area contributed by atoms with Crippen LogP contribution in [0.25, 0.3) is 0 Å². The quantitative estimate of drug-likeness (QED) is 0.832. The Morgan fingerprint density at radius 3 is 3.06 bits per heavy atom. The molecule has 2 rings (SSSR count). The topological polar surface area (TPSA) is 62.3 Å². The average molecular weight is 239 g/mol. The van der Waals surface area contributed by atoms with Gasteiger partial charge in [-0.25, -0.2) is 0 Å². The van der Waals surface area contributed by atoms with Gasteiger partial charge in [0.25, 0.3) is 0 Å². The van der Waals surface area contributed by atoms with Gasteiger partial charge in [-0.2, -0.15) is 5.10 Å². The zero-order valence-corrected chi connectivity index (χ0v) is 10.5. The minimum Gasteiger partial charge on any atom is -0.376 e. The van der Waals surface area contributed by atoms with Gasteiger partial charge < -0.3 is 15.2 Å². The van der Waals surface area contributed by atoms with E-state index in [4.69, 9.17) is 15.2 Å². The number of aromatic nitrogens is 2. The van der Waals surface area contributed by atoms with Crippen molar-refractivity contribution >= 4 is 0 Å². The van der Waals surface area contributed by atoms with Crippen molar-refractivity contribution in [1.29, 1.82) is 0 Å². The Labute approximate surface area is 102 Å². The molecule has 1 aromatic heterocycles. The third-order valence-electron chi connectivity index (χ3n) is 3.02. The first-order valence-corrected chi connectivity index (χ1v) is 6.14. The normalized spacial score (nSPS) is 23.8. The van der Waals surface area contributed by atoms with Gasteiger partial charge in [0.15, 0.2) is 0 Å². The smallest absolute Gasteiger partial charge is 0.100 e. The van der Waals surface area contributed by atoms with Crippen LogP contribution < -0.4 is 5.73 Å². The number of nitrogens with two attached hydrogens (primary N) is 1. The molecule has 2 heterocycles. The van der Waals surface area contributed by atoms with Crippen LogP contribution in [0.15, 0.2) is 12.4 Å². The monoisotopic (exact) mass is 239 g/mol. The lowest BCUT2D eigenvalue weighted by Crippen LogP contribution is -2.29. The molecule has 2 N–H and O–H groups in total. The number of nitrogens with zero attached hydrogens (tertiary/aromatic N) is 2. The lowest BCUT2D eigenvalue weighted by atomic mass is 10.1. The van der Waals surface area contributed by atoms with Gasteiger partial charge in [-0.15, -0.1) is 0 Å². The lowest BCUT2D eigenvalue weighted by Gasteiger charge is -2.22. The summed E-state index contributed by atoms with van der Waals surface area (Å²) in [6.07, 6.45) is 6.09. The first kappa shape index (κ1) is 12.5. The summed E-state index contributed by atoms with van der Waals surface area (Å²) in [4.78, 5) is 0. The van der Waals surface area contributed by atoms with Crippen LogP contribution in [0.1, 0.15) is 31.4 Å². The van der Waals surface area contributed by atoms with E-state index in [1.165, 1.54) is 0 Å². The number of ether oxygens (including phenoxy) is 2. The highest BCUT2D eigenvalue weighted by Gasteiger charge is 2.22. The van der Waals surface area contributed by atoms with Crippen LogP contribution in [0.4, 0.5) is 0 Å². The van der Waals surface area contributed by atoms with Gasteiger partial charge in [-0.3, -0.25) is 4.68 Å². The predicted molar refractivity (Wildman–Crippen MR) is 64.5 cm³/mol. The van der Waals surface area contributed by atoms with Gasteiger partial charge in [0, 0.05) is 31.5 Å². The fourth-order valence-corrected chi connectivity index (χ4v) is 2.13. The molecule has 1 saturated heterocycles. The van der Waals surface area contributed by atoms with Crippen LogP contribution in [0, 0.1) is 0 Å². The maximum absolute atomic E-state index is 5.96. The highest BCUT2D eigenvalue weighted by Crippen LogP contribution is 2.22. The Balaban J connectivity index is 1.92. The molecule has 1 aliphatic rings. The summed E-state index contributed by atoms with van der Waals surface area (Å²) in [5.74, 6) is 0. The molecule has 1 fully saturated rings. The molecule has 0 aliphatic carbocycles. The Morgan fingerprint density at radius 2 is 2.53 bits per heavy atom. The maximum atomic E-state index is 5.96. The summed E-state index contributed by atoms with van der Waals surface area (Å²) in [5.41, 5.74) is 6.99. The largest absolute Gasteiger partial charge is 0.376 e. The summed E-state index contributed by atoms with van der Waals surface area (Å²) in [6.45, 7) is 3.41. The van der Waals surface area contributed by atoms with Crippen LogP contribution in [0.5, 0.6) is 0 Å². The molecule has 1 aromatic rings. The van der Waals surface area contributed by atoms with E-state index >= 15 is 0 Å². The molecule has 3 atom stereocenters. The van der Waals surface area contributed by atoms with E-state index < -0.39 is 0 Å². The maximum Gasteiger partial charge on any atom is 0.100 e. The van der Waals surface area contributed by atoms with Crippen LogP contribution in [-0.4, -0.2) is 35.1 Å². The summed E-state index contributed by atoms with van der Waals surface area (Å²) in [7, 11) is 1.89. The van der Waals surface area contributed by atoms with Gasteiger partial charge in [0.2, 0.25) is 0 Å². The van der Waals surface area contributed by atoms with Crippen LogP contribution in [0.2, 0.25) is 0 Å². The second-order valence-electron chi connectivity index (χ2n) is 4.70. The number of hydrogen-bond acceptors (Lipinski definition) is 4. The van der Waals surface area contributed by atoms with Gasteiger partial charge in [0.1, 0.15) is 6.10 Å². The van der Waals surface area contributed by atoms with Crippen molar-refractivity contribution in [2.45, 2.75) is 38.0 Å². The van der Waals surface area contributed by atoms with Gasteiger partial charge in [0.05, 0.1) is 18.9 Å². The Bertz CT molecular complexity index is 345. The van der Waals surface area contributed by atoms with Crippen molar-refractivity contribution in [3.05, 3.63) is 18.0 Å². The van der Waals surface area contributed by atoms with Crippen molar-refractivity contribution in [2.75, 3.05) is 13.2 Å². The first-order valence-electron chi connectivity index (χ1n) is 6.14. The molecular weight excluding hydrogens is 218 g/mol. The highest BCUT2D eigenvalue weighted by molar-refractivity contribution is 5.10. The second-order valence-corrected chi connectivity index (χ2v) is 4.70. The van der Waals surface area contributed by atoms with Crippen LogP contribution in [-0.2, 0) is 16.5 Å². The Morgan fingerprint density at radius 1 is 1.71 bits per heavy atom. The molecule has 3 unspecified atom stereocenters. The summed E-state index contributed by atoms with van der Waals surface area (Å²) >= 11 is 0. The SMILES string of the molecule is CC(N)C(OCC1CCCO1)c1cnn(C)c1. The summed E-state index contributed by atoms with van der Waals surface area (Å²) in [5, 5.41) is 4.15. The summed E-state index contributed by atoms with van der Waals surface area (Å²) < 4.78 is 13.2. The molecule has 0 saturated carbocycles. The average Bonchev–Trinajstić information content (AvgIpc) is 2.90. The van der Waals surface area contributed by atoms with E-state index in [0.29, 0.717) is 6.61 Å². The van der Waals surface area contributed by atoms with E-state index in [0.717, 1.165) is 25.0 Å². The molecule has 0 spiro atoms.